The normalized spacial score (nSPS) is 13.9. The van der Waals surface area contributed by atoms with Gasteiger partial charge in [0.25, 0.3) is 11.0 Å². The van der Waals surface area contributed by atoms with Crippen LogP contribution in [0.25, 0.3) is 0 Å². The molecule has 0 fully saturated rings. The van der Waals surface area contributed by atoms with Crippen LogP contribution in [0.1, 0.15) is 17.5 Å². The van der Waals surface area contributed by atoms with Crippen LogP contribution in [0, 0.1) is 11.6 Å². The van der Waals surface area contributed by atoms with Gasteiger partial charge in [-0.15, -0.1) is 0 Å². The van der Waals surface area contributed by atoms with Gasteiger partial charge in [-0.2, -0.15) is 0 Å². The van der Waals surface area contributed by atoms with Crippen molar-refractivity contribution in [2.75, 3.05) is 11.9 Å². The molecule has 0 aliphatic carbocycles. The summed E-state index contributed by atoms with van der Waals surface area (Å²) in [6, 6.07) is 14.7. The van der Waals surface area contributed by atoms with E-state index in [0.717, 1.165) is 35.9 Å². The summed E-state index contributed by atoms with van der Waals surface area (Å²) in [6.45, 7) is 0.115. The van der Waals surface area contributed by atoms with Crippen LogP contribution in [-0.4, -0.2) is 49.3 Å². The van der Waals surface area contributed by atoms with E-state index in [1.807, 2.05) is 30.3 Å². The van der Waals surface area contributed by atoms with Crippen molar-refractivity contribution in [3.63, 3.8) is 0 Å². The van der Waals surface area contributed by atoms with Crippen LogP contribution < -0.4 is 16.8 Å². The fourth-order valence-corrected chi connectivity index (χ4v) is 4.88. The molecule has 0 saturated carbocycles. The number of hydrogen-bond donors (Lipinski definition) is 4. The van der Waals surface area contributed by atoms with E-state index in [1.165, 1.54) is 12.1 Å². The van der Waals surface area contributed by atoms with Crippen molar-refractivity contribution in [2.24, 2.45) is 11.5 Å². The zero-order valence-corrected chi connectivity index (χ0v) is 21.6. The Morgan fingerprint density at radius 2 is 1.69 bits per heavy atom. The third kappa shape index (κ3) is 8.47. The van der Waals surface area contributed by atoms with Gasteiger partial charge in [0.2, 0.25) is 9.84 Å². The third-order valence-electron chi connectivity index (χ3n) is 5.73. The lowest BCUT2D eigenvalue weighted by Gasteiger charge is -2.19. The van der Waals surface area contributed by atoms with Crippen molar-refractivity contribution in [3.8, 4) is 0 Å². The van der Waals surface area contributed by atoms with Crippen LogP contribution in [0.5, 0.6) is 0 Å². The number of anilines is 1. The Hall–Kier alpha value is -3.55. The molecule has 208 valence electrons. The van der Waals surface area contributed by atoms with Crippen LogP contribution in [0.2, 0.25) is 0 Å². The van der Waals surface area contributed by atoms with Gasteiger partial charge >= 0.3 is 0 Å². The van der Waals surface area contributed by atoms with Gasteiger partial charge in [-0.25, -0.2) is 17.2 Å². The Balaban J connectivity index is 1.58. The number of ether oxygens (including phenoxy) is 1. The van der Waals surface area contributed by atoms with Crippen LogP contribution in [0.3, 0.4) is 0 Å². The molecule has 0 aliphatic rings. The number of nitrogens with two attached hydrogens (primary N) is 2. The van der Waals surface area contributed by atoms with Gasteiger partial charge in [0, 0.05) is 18.2 Å². The van der Waals surface area contributed by atoms with Crippen LogP contribution in [-0.2, 0) is 37.2 Å². The maximum Gasteiger partial charge on any atom is 0.254 e. The highest BCUT2D eigenvalue weighted by molar-refractivity contribution is 8.06. The number of hydrogen-bond acceptors (Lipinski definition) is 8. The highest BCUT2D eigenvalue weighted by Gasteiger charge is 2.28. The lowest BCUT2D eigenvalue weighted by molar-refractivity contribution is -0.125. The minimum absolute atomic E-state index is 0.00328. The second-order valence-corrected chi connectivity index (χ2v) is 10.8. The molecular formula is C27H29F2N3O6S. The Morgan fingerprint density at radius 3 is 2.41 bits per heavy atom. The van der Waals surface area contributed by atoms with E-state index >= 15 is 0 Å². The maximum absolute atomic E-state index is 13.9. The Kier molecular flexibility index (Phi) is 10.4. The number of nitrogens with one attached hydrogen (secondary N) is 1. The largest absolute Gasteiger partial charge is 0.382 e. The quantitative estimate of drug-likeness (QED) is 0.261. The molecule has 39 heavy (non-hydrogen) atoms. The van der Waals surface area contributed by atoms with Crippen LogP contribution in [0.15, 0.2) is 77.7 Å². The number of carbonyl (C=O) groups excluding carboxylic acids is 2. The third-order valence-corrected chi connectivity index (χ3v) is 7.37. The van der Waals surface area contributed by atoms with Gasteiger partial charge in [0.15, 0.2) is 0 Å². The van der Waals surface area contributed by atoms with Crippen LogP contribution in [0.4, 0.5) is 14.5 Å². The zero-order valence-electron chi connectivity index (χ0n) is 20.8. The van der Waals surface area contributed by atoms with E-state index in [-0.39, 0.29) is 30.9 Å². The predicted octanol–water partition coefficient (Wildman–Crippen LogP) is 2.07. The first kappa shape index (κ1) is 30.0. The second kappa shape index (κ2) is 13.5. The number of aliphatic hydroxyl groups is 1. The lowest BCUT2D eigenvalue weighted by atomic mass is 10.0. The molecule has 3 atom stereocenters. The highest BCUT2D eigenvalue weighted by atomic mass is 32.2. The molecule has 0 heterocycles. The fourth-order valence-electron chi connectivity index (χ4n) is 3.64. The molecule has 0 radical (unpaired) electrons. The molecular weight excluding hydrogens is 532 g/mol. The van der Waals surface area contributed by atoms with Gasteiger partial charge in [0.1, 0.15) is 17.7 Å². The van der Waals surface area contributed by atoms with Gasteiger partial charge in [-0.05, 0) is 53.9 Å². The van der Waals surface area contributed by atoms with Crippen molar-refractivity contribution in [2.45, 2.75) is 42.5 Å². The number of sulfone groups is 1. The molecule has 3 rings (SSSR count). The standard InChI is InChI=1S/C27H29F2N3O6S/c28-19-9-10-23(29)18(11-19)12-20(30)13-25(33)39(36,37)22-8-4-7-21(14-22)32-27(35)26(34)24(31)16-38-15-17-5-2-1-3-6-17/h1-11,14,20,24,26,34H,12-13,15-16,30-31H2,(H,32,35). The highest BCUT2D eigenvalue weighted by Crippen LogP contribution is 2.20. The van der Waals surface area contributed by atoms with Gasteiger partial charge < -0.3 is 26.6 Å². The second-order valence-electron chi connectivity index (χ2n) is 8.91. The molecule has 0 saturated heterocycles. The average molecular weight is 562 g/mol. The van der Waals surface area contributed by atoms with Gasteiger partial charge in [0.05, 0.1) is 24.2 Å². The van der Waals surface area contributed by atoms with E-state index in [1.54, 1.807) is 0 Å². The molecule has 1 amide bonds. The number of carbonyl (C=O) groups is 2. The Labute approximate surface area is 224 Å². The van der Waals surface area contributed by atoms with E-state index < -0.39 is 62.0 Å². The summed E-state index contributed by atoms with van der Waals surface area (Å²) in [5, 5.41) is 11.4. The topological polar surface area (TPSA) is 162 Å². The van der Waals surface area contributed by atoms with Crippen molar-refractivity contribution >= 4 is 26.5 Å². The van der Waals surface area contributed by atoms with Gasteiger partial charge in [-0.1, -0.05) is 36.4 Å². The Bertz CT molecular complexity index is 1410. The van der Waals surface area contributed by atoms with Crippen molar-refractivity contribution in [1.29, 1.82) is 0 Å². The molecule has 12 heteroatoms. The molecule has 0 aliphatic heterocycles. The first-order chi connectivity index (χ1) is 18.5. The maximum atomic E-state index is 13.9. The molecule has 9 nitrogen and oxygen atoms in total. The van der Waals surface area contributed by atoms with E-state index in [2.05, 4.69) is 5.32 Å². The summed E-state index contributed by atoms with van der Waals surface area (Å²) in [7, 11) is -4.52. The predicted molar refractivity (Wildman–Crippen MR) is 140 cm³/mol. The number of benzene rings is 3. The molecule has 0 aromatic heterocycles. The smallest absolute Gasteiger partial charge is 0.254 e. The van der Waals surface area contributed by atoms with Crippen molar-refractivity contribution < 1.29 is 36.6 Å². The monoisotopic (exact) mass is 561 g/mol. The zero-order chi connectivity index (χ0) is 28.6. The first-order valence-electron chi connectivity index (χ1n) is 11.9. The molecule has 6 N–H and O–H groups in total. The summed E-state index contributed by atoms with van der Waals surface area (Å²) in [6.07, 6.45) is -2.57. The summed E-state index contributed by atoms with van der Waals surface area (Å²) >= 11 is 0. The molecule has 3 unspecified atom stereocenters. The summed E-state index contributed by atoms with van der Waals surface area (Å²) in [5.41, 5.74) is 12.5. The molecule has 0 spiro atoms. The van der Waals surface area contributed by atoms with Crippen LogP contribution >= 0.6 is 0 Å². The lowest BCUT2D eigenvalue weighted by Crippen LogP contribution is -2.46. The molecule has 0 bridgehead atoms. The molecule has 3 aromatic rings. The number of rotatable bonds is 12. The first-order valence-corrected chi connectivity index (χ1v) is 13.4. The number of halogens is 2. The van der Waals surface area contributed by atoms with Crippen molar-refractivity contribution in [3.05, 3.63) is 95.6 Å². The van der Waals surface area contributed by atoms with E-state index in [4.69, 9.17) is 16.2 Å². The average Bonchev–Trinajstić information content (AvgIpc) is 2.90. The molecule has 3 aromatic carbocycles. The number of amides is 1. The number of aliphatic hydroxyl groups excluding tert-OH is 1. The summed E-state index contributed by atoms with van der Waals surface area (Å²) in [5.74, 6) is -2.32. The van der Waals surface area contributed by atoms with E-state index in [9.17, 15) is 31.9 Å². The summed E-state index contributed by atoms with van der Waals surface area (Å²) in [4.78, 5) is 24.6. The van der Waals surface area contributed by atoms with E-state index in [0.29, 0.717) is 0 Å². The fraction of sp³-hybridized carbons (Fsp3) is 0.259. The Morgan fingerprint density at radius 1 is 0.974 bits per heavy atom. The minimum Gasteiger partial charge on any atom is -0.382 e. The van der Waals surface area contributed by atoms with Crippen molar-refractivity contribution in [1.82, 2.24) is 0 Å². The summed E-state index contributed by atoms with van der Waals surface area (Å²) < 4.78 is 58.3. The minimum atomic E-state index is -4.52. The van der Waals surface area contributed by atoms with Gasteiger partial charge in [-0.3, -0.25) is 9.59 Å². The SMILES string of the molecule is NC(CC(=O)S(=O)(=O)c1cccc(NC(=O)C(O)C(N)COCc2ccccc2)c1)Cc1cc(F)ccc1F.